The van der Waals surface area contributed by atoms with Crippen LogP contribution >= 0.6 is 0 Å². The highest BCUT2D eigenvalue weighted by molar-refractivity contribution is 7.89. The van der Waals surface area contributed by atoms with E-state index in [0.29, 0.717) is 21.9 Å². The van der Waals surface area contributed by atoms with Crippen molar-refractivity contribution in [1.82, 2.24) is 14.9 Å². The molecule has 0 atom stereocenters. The number of halogens is 1. The molecule has 1 amide bonds. The fourth-order valence-corrected chi connectivity index (χ4v) is 4.76. The second-order valence-electron chi connectivity index (χ2n) is 8.49. The summed E-state index contributed by atoms with van der Waals surface area (Å²) >= 11 is 0. The van der Waals surface area contributed by atoms with Crippen molar-refractivity contribution in [3.8, 4) is 11.6 Å². The van der Waals surface area contributed by atoms with E-state index in [2.05, 4.69) is 10.3 Å². The Bertz CT molecular complexity index is 1770. The van der Waals surface area contributed by atoms with Gasteiger partial charge in [0.05, 0.1) is 22.4 Å². The number of nitrogens with one attached hydrogen (secondary N) is 1. The Labute approximate surface area is 210 Å². The number of carbonyl (C=O) groups excluding carboxylic acids is 1. The number of primary sulfonamides is 1. The molecule has 0 spiro atoms. The first-order valence-corrected chi connectivity index (χ1v) is 12.6. The van der Waals surface area contributed by atoms with Crippen LogP contribution in [0.1, 0.15) is 21.5 Å². The summed E-state index contributed by atoms with van der Waals surface area (Å²) in [4.78, 5) is 17.6. The van der Waals surface area contributed by atoms with Gasteiger partial charge in [-0.25, -0.2) is 17.9 Å². The van der Waals surface area contributed by atoms with Gasteiger partial charge in [0.15, 0.2) is 5.75 Å². The molecule has 0 radical (unpaired) electrons. The normalized spacial score (nSPS) is 11.7. The Morgan fingerprint density at radius 1 is 1.00 bits per heavy atom. The predicted molar refractivity (Wildman–Crippen MR) is 135 cm³/mol. The number of nitrogens with zero attached hydrogens (tertiary/aromatic N) is 2. The molecule has 188 valence electrons. The lowest BCUT2D eigenvalue weighted by Gasteiger charge is -2.11. The average molecular weight is 521 g/mol. The summed E-state index contributed by atoms with van der Waals surface area (Å²) in [5.41, 5.74) is 1.68. The van der Waals surface area contributed by atoms with E-state index in [1.165, 1.54) is 47.2 Å². The van der Waals surface area contributed by atoms with Crippen LogP contribution in [0.25, 0.3) is 21.7 Å². The minimum absolute atomic E-state index is 0.0437. The highest BCUT2D eigenvalue weighted by Crippen LogP contribution is 2.42. The predicted octanol–water partition coefficient (Wildman–Crippen LogP) is 3.37. The van der Waals surface area contributed by atoms with Crippen LogP contribution in [0.15, 0.2) is 78.0 Å². The number of amides is 1. The van der Waals surface area contributed by atoms with E-state index in [0.717, 1.165) is 0 Å². The van der Waals surface area contributed by atoms with Crippen LogP contribution < -0.4 is 10.5 Å². The van der Waals surface area contributed by atoms with Crippen molar-refractivity contribution in [3.63, 3.8) is 0 Å². The van der Waals surface area contributed by atoms with E-state index in [9.17, 15) is 27.8 Å². The third-order valence-corrected chi connectivity index (χ3v) is 6.98. The van der Waals surface area contributed by atoms with Gasteiger partial charge >= 0.3 is 0 Å². The van der Waals surface area contributed by atoms with Crippen molar-refractivity contribution in [2.75, 3.05) is 0 Å². The fraction of sp³-hybridized carbons (Fsp3) is 0.0769. The summed E-state index contributed by atoms with van der Waals surface area (Å²) in [6.07, 6.45) is 3.02. The molecule has 0 bridgehead atoms. The van der Waals surface area contributed by atoms with Gasteiger partial charge in [-0.15, -0.1) is 0 Å². The van der Waals surface area contributed by atoms with Gasteiger partial charge in [0.1, 0.15) is 11.3 Å². The lowest BCUT2D eigenvalue weighted by molar-refractivity contribution is 0.0954. The van der Waals surface area contributed by atoms with Crippen LogP contribution in [0.2, 0.25) is 0 Å². The molecular weight excluding hydrogens is 499 g/mol. The molecule has 0 fully saturated rings. The molecule has 3 aromatic carbocycles. The number of aromatic nitrogens is 2. The molecule has 9 nitrogen and oxygen atoms in total. The van der Waals surface area contributed by atoms with Gasteiger partial charge in [0.2, 0.25) is 15.9 Å². The Hall–Kier alpha value is -4.48. The van der Waals surface area contributed by atoms with Gasteiger partial charge in [-0.3, -0.25) is 9.78 Å². The SMILES string of the molecule is NS(=O)(=O)c1ccc(CNC(=O)c2c3cccnc3c(O)c3c(O)n(Cc4ccc(F)cc4)cc23)cc1. The molecule has 11 heteroatoms. The number of carbonyl (C=O) groups is 1. The zero-order valence-electron chi connectivity index (χ0n) is 19.2. The van der Waals surface area contributed by atoms with Gasteiger partial charge in [-0.05, 0) is 41.5 Å². The third-order valence-electron chi connectivity index (χ3n) is 6.06. The molecule has 0 saturated carbocycles. The number of phenolic OH excluding ortho intramolecular Hbond substituents is 1. The maximum atomic E-state index is 13.4. The number of pyridine rings is 1. The van der Waals surface area contributed by atoms with Crippen LogP contribution in [-0.2, 0) is 23.1 Å². The van der Waals surface area contributed by atoms with Crippen molar-refractivity contribution in [1.29, 1.82) is 0 Å². The van der Waals surface area contributed by atoms with E-state index in [4.69, 9.17) is 5.14 Å². The molecule has 5 aromatic rings. The highest BCUT2D eigenvalue weighted by atomic mass is 32.2. The number of hydrogen-bond donors (Lipinski definition) is 4. The number of rotatable bonds is 6. The molecule has 2 aromatic heterocycles. The van der Waals surface area contributed by atoms with E-state index in [-0.39, 0.29) is 51.9 Å². The number of aromatic hydroxyl groups is 2. The molecule has 0 saturated heterocycles. The summed E-state index contributed by atoms with van der Waals surface area (Å²) in [6.45, 7) is 0.248. The molecule has 0 aliphatic rings. The standard InChI is InChI=1S/C26H21FN4O5S/c27-17-7-3-16(4-8-17)13-31-14-20-21(19-2-1-11-29-23(19)24(32)22(20)26(31)34)25(33)30-12-15-5-9-18(10-6-15)37(28,35)36/h1-11,14,32,34H,12-13H2,(H,30,33)(H2,28,35,36). The fourth-order valence-electron chi connectivity index (χ4n) is 4.25. The van der Waals surface area contributed by atoms with Gasteiger partial charge in [-0.2, -0.15) is 0 Å². The second-order valence-corrected chi connectivity index (χ2v) is 10.1. The summed E-state index contributed by atoms with van der Waals surface area (Å²) in [7, 11) is -3.84. The first-order valence-electron chi connectivity index (χ1n) is 11.1. The minimum Gasteiger partial charge on any atom is -0.505 e. The quantitative estimate of drug-likeness (QED) is 0.270. The zero-order chi connectivity index (χ0) is 26.3. The maximum absolute atomic E-state index is 13.4. The van der Waals surface area contributed by atoms with Crippen LogP contribution in [0.3, 0.4) is 0 Å². The van der Waals surface area contributed by atoms with E-state index >= 15 is 0 Å². The molecular formula is C26H21FN4O5S. The third kappa shape index (κ3) is 4.57. The van der Waals surface area contributed by atoms with Crippen LogP contribution in [0.5, 0.6) is 11.6 Å². The molecule has 2 heterocycles. The Morgan fingerprint density at radius 3 is 2.35 bits per heavy atom. The molecule has 5 rings (SSSR count). The van der Waals surface area contributed by atoms with Gasteiger partial charge in [-0.1, -0.05) is 30.3 Å². The maximum Gasteiger partial charge on any atom is 0.252 e. The summed E-state index contributed by atoms with van der Waals surface area (Å²) in [6, 6.07) is 14.8. The molecule has 37 heavy (non-hydrogen) atoms. The number of phenols is 1. The first kappa shape index (κ1) is 24.2. The molecule has 0 aliphatic carbocycles. The van der Waals surface area contributed by atoms with Crippen molar-refractivity contribution < 1.29 is 27.8 Å². The topological polar surface area (TPSA) is 148 Å². The lowest BCUT2D eigenvalue weighted by atomic mass is 10.0. The van der Waals surface area contributed by atoms with E-state index in [1.807, 2.05) is 0 Å². The van der Waals surface area contributed by atoms with Crippen molar-refractivity contribution in [2.45, 2.75) is 18.0 Å². The highest BCUT2D eigenvalue weighted by Gasteiger charge is 2.24. The Balaban J connectivity index is 1.55. The smallest absolute Gasteiger partial charge is 0.252 e. The van der Waals surface area contributed by atoms with Gasteiger partial charge in [0.25, 0.3) is 5.91 Å². The number of sulfonamides is 1. The van der Waals surface area contributed by atoms with Crippen LogP contribution in [0, 0.1) is 5.82 Å². The Kier molecular flexibility index (Phi) is 6.02. The number of hydrogen-bond acceptors (Lipinski definition) is 6. The summed E-state index contributed by atoms with van der Waals surface area (Å²) in [5.74, 6) is -1.41. The lowest BCUT2D eigenvalue weighted by Crippen LogP contribution is -2.23. The van der Waals surface area contributed by atoms with Crippen LogP contribution in [0.4, 0.5) is 4.39 Å². The van der Waals surface area contributed by atoms with E-state index < -0.39 is 15.9 Å². The number of nitrogens with two attached hydrogens (primary N) is 1. The van der Waals surface area contributed by atoms with Gasteiger partial charge < -0.3 is 20.1 Å². The van der Waals surface area contributed by atoms with Crippen LogP contribution in [-0.4, -0.2) is 34.1 Å². The van der Waals surface area contributed by atoms with Crippen molar-refractivity contribution in [3.05, 3.63) is 95.6 Å². The Morgan fingerprint density at radius 2 is 1.68 bits per heavy atom. The van der Waals surface area contributed by atoms with Crippen molar-refractivity contribution in [2.24, 2.45) is 5.14 Å². The summed E-state index contributed by atoms with van der Waals surface area (Å²) < 4.78 is 37.7. The van der Waals surface area contributed by atoms with E-state index in [1.54, 1.807) is 30.5 Å². The largest absolute Gasteiger partial charge is 0.505 e. The monoisotopic (exact) mass is 520 g/mol. The summed E-state index contributed by atoms with van der Waals surface area (Å²) in [5, 5.41) is 30.6. The minimum atomic E-state index is -3.84. The second kappa shape index (κ2) is 9.19. The number of benzene rings is 3. The zero-order valence-corrected chi connectivity index (χ0v) is 20.0. The van der Waals surface area contributed by atoms with Gasteiger partial charge in [0, 0.05) is 29.7 Å². The number of fused-ring (bicyclic) bond motifs is 2. The molecule has 0 aliphatic heterocycles. The molecule has 5 N–H and O–H groups in total. The molecule has 0 unspecified atom stereocenters. The average Bonchev–Trinajstić information content (AvgIpc) is 3.19. The first-order chi connectivity index (χ1) is 17.6. The van der Waals surface area contributed by atoms with Crippen molar-refractivity contribution >= 4 is 37.6 Å².